The molecule has 0 aliphatic heterocycles. The van der Waals surface area contributed by atoms with Crippen LogP contribution in [0.2, 0.25) is 0 Å². The second kappa shape index (κ2) is 7.97. The number of benzene rings is 2. The molecule has 0 aromatic heterocycles. The standard InChI is InChI=1S/C21H26N2O2/c1-15-12-16(2)14-18(13-15)23-20(25)21(3,4)19(24)22-11-10-17-8-6-5-7-9-17/h5-9,12-14H,10-11H2,1-4H3,(H,22,24)(H,23,25). The summed E-state index contributed by atoms with van der Waals surface area (Å²) in [5, 5.41) is 5.71. The van der Waals surface area contributed by atoms with Crippen molar-refractivity contribution in [1.29, 1.82) is 0 Å². The Bertz CT molecular complexity index is 731. The van der Waals surface area contributed by atoms with Crippen molar-refractivity contribution in [3.63, 3.8) is 0 Å². The minimum absolute atomic E-state index is 0.273. The number of nitrogens with one attached hydrogen (secondary N) is 2. The van der Waals surface area contributed by atoms with Crippen LogP contribution in [0.5, 0.6) is 0 Å². The maximum Gasteiger partial charge on any atom is 0.239 e. The van der Waals surface area contributed by atoms with Gasteiger partial charge in [0.2, 0.25) is 11.8 Å². The predicted octanol–water partition coefficient (Wildman–Crippen LogP) is 3.63. The lowest BCUT2D eigenvalue weighted by molar-refractivity contribution is -0.138. The van der Waals surface area contributed by atoms with E-state index in [0.717, 1.165) is 23.1 Å². The molecule has 0 spiro atoms. The molecule has 2 aromatic rings. The van der Waals surface area contributed by atoms with E-state index in [9.17, 15) is 9.59 Å². The summed E-state index contributed by atoms with van der Waals surface area (Å²) in [7, 11) is 0. The molecule has 0 fully saturated rings. The van der Waals surface area contributed by atoms with Gasteiger partial charge in [0.05, 0.1) is 0 Å². The van der Waals surface area contributed by atoms with Crippen LogP contribution in [0.25, 0.3) is 0 Å². The summed E-state index contributed by atoms with van der Waals surface area (Å²) in [6.07, 6.45) is 0.737. The van der Waals surface area contributed by atoms with Crippen molar-refractivity contribution in [1.82, 2.24) is 5.32 Å². The summed E-state index contributed by atoms with van der Waals surface area (Å²) in [5.41, 5.74) is 2.86. The van der Waals surface area contributed by atoms with Gasteiger partial charge in [-0.1, -0.05) is 36.4 Å². The fourth-order valence-corrected chi connectivity index (χ4v) is 2.62. The van der Waals surface area contributed by atoms with Crippen LogP contribution in [-0.2, 0) is 16.0 Å². The molecule has 0 bridgehead atoms. The number of carbonyl (C=O) groups excluding carboxylic acids is 2. The van der Waals surface area contributed by atoms with Crippen molar-refractivity contribution in [3.05, 3.63) is 65.2 Å². The third-order valence-electron chi connectivity index (χ3n) is 4.16. The van der Waals surface area contributed by atoms with Crippen molar-refractivity contribution in [2.45, 2.75) is 34.1 Å². The van der Waals surface area contributed by atoms with Gasteiger partial charge in [0.15, 0.2) is 0 Å². The minimum Gasteiger partial charge on any atom is -0.355 e. The summed E-state index contributed by atoms with van der Waals surface area (Å²) >= 11 is 0. The smallest absolute Gasteiger partial charge is 0.239 e. The highest BCUT2D eigenvalue weighted by molar-refractivity contribution is 6.09. The van der Waals surface area contributed by atoms with E-state index in [1.54, 1.807) is 13.8 Å². The van der Waals surface area contributed by atoms with E-state index in [-0.39, 0.29) is 11.8 Å². The zero-order valence-electron chi connectivity index (χ0n) is 15.3. The summed E-state index contributed by atoms with van der Waals surface area (Å²) in [5.74, 6) is -0.583. The van der Waals surface area contributed by atoms with Gasteiger partial charge in [-0.25, -0.2) is 0 Å². The Morgan fingerprint density at radius 3 is 2.12 bits per heavy atom. The normalized spacial score (nSPS) is 11.0. The monoisotopic (exact) mass is 338 g/mol. The highest BCUT2D eigenvalue weighted by Gasteiger charge is 2.35. The molecule has 2 rings (SSSR count). The Morgan fingerprint density at radius 1 is 0.920 bits per heavy atom. The van der Waals surface area contributed by atoms with Crippen LogP contribution in [-0.4, -0.2) is 18.4 Å². The molecule has 2 aromatic carbocycles. The summed E-state index contributed by atoms with van der Waals surface area (Å²) in [6, 6.07) is 15.8. The van der Waals surface area contributed by atoms with E-state index in [2.05, 4.69) is 10.6 Å². The van der Waals surface area contributed by atoms with Gasteiger partial charge < -0.3 is 10.6 Å². The van der Waals surface area contributed by atoms with E-state index < -0.39 is 5.41 Å². The summed E-state index contributed by atoms with van der Waals surface area (Å²) < 4.78 is 0. The molecule has 0 heterocycles. The number of carbonyl (C=O) groups is 2. The van der Waals surface area contributed by atoms with Crippen molar-refractivity contribution >= 4 is 17.5 Å². The topological polar surface area (TPSA) is 58.2 Å². The molecule has 0 unspecified atom stereocenters. The molecule has 0 saturated heterocycles. The van der Waals surface area contributed by atoms with Gasteiger partial charge in [0.1, 0.15) is 5.41 Å². The maximum atomic E-state index is 12.6. The molecule has 0 saturated carbocycles. The quantitative estimate of drug-likeness (QED) is 0.790. The third kappa shape index (κ3) is 5.18. The lowest BCUT2D eigenvalue weighted by atomic mass is 9.90. The van der Waals surface area contributed by atoms with Crippen LogP contribution in [0.15, 0.2) is 48.5 Å². The van der Waals surface area contributed by atoms with Crippen molar-refractivity contribution in [2.75, 3.05) is 11.9 Å². The highest BCUT2D eigenvalue weighted by atomic mass is 16.2. The van der Waals surface area contributed by atoms with Gasteiger partial charge >= 0.3 is 0 Å². The molecule has 0 aliphatic rings. The van der Waals surface area contributed by atoms with Crippen molar-refractivity contribution < 1.29 is 9.59 Å². The molecule has 0 atom stereocenters. The number of rotatable bonds is 6. The van der Waals surface area contributed by atoms with Crippen LogP contribution < -0.4 is 10.6 Å². The van der Waals surface area contributed by atoms with Gasteiger partial charge in [-0.05, 0) is 62.9 Å². The Balaban J connectivity index is 1.93. The third-order valence-corrected chi connectivity index (χ3v) is 4.16. The highest BCUT2D eigenvalue weighted by Crippen LogP contribution is 2.20. The largest absolute Gasteiger partial charge is 0.355 e. The van der Waals surface area contributed by atoms with Crippen LogP contribution in [0.3, 0.4) is 0 Å². The molecule has 132 valence electrons. The molecule has 2 amide bonds. The average Bonchev–Trinajstić information content (AvgIpc) is 2.54. The fourth-order valence-electron chi connectivity index (χ4n) is 2.62. The van der Waals surface area contributed by atoms with Crippen LogP contribution >= 0.6 is 0 Å². The second-order valence-corrected chi connectivity index (χ2v) is 6.95. The van der Waals surface area contributed by atoms with Gasteiger partial charge in [-0.15, -0.1) is 0 Å². The lowest BCUT2D eigenvalue weighted by Gasteiger charge is -2.23. The fraction of sp³-hybridized carbons (Fsp3) is 0.333. The Kier molecular flexibility index (Phi) is 5.97. The maximum absolute atomic E-state index is 12.6. The van der Waals surface area contributed by atoms with Crippen LogP contribution in [0.1, 0.15) is 30.5 Å². The summed E-state index contributed by atoms with van der Waals surface area (Å²) in [6.45, 7) is 7.74. The first-order chi connectivity index (χ1) is 11.8. The Labute approximate surface area is 149 Å². The van der Waals surface area contributed by atoms with E-state index in [0.29, 0.717) is 12.2 Å². The Morgan fingerprint density at radius 2 is 1.52 bits per heavy atom. The van der Waals surface area contributed by atoms with Gasteiger partial charge in [-0.3, -0.25) is 9.59 Å². The minimum atomic E-state index is -1.14. The van der Waals surface area contributed by atoms with Crippen LogP contribution in [0, 0.1) is 19.3 Å². The number of hydrogen-bond acceptors (Lipinski definition) is 2. The van der Waals surface area contributed by atoms with Crippen molar-refractivity contribution in [2.24, 2.45) is 5.41 Å². The zero-order chi connectivity index (χ0) is 18.4. The lowest BCUT2D eigenvalue weighted by Crippen LogP contribution is -2.45. The van der Waals surface area contributed by atoms with Gasteiger partial charge in [-0.2, -0.15) is 0 Å². The van der Waals surface area contributed by atoms with E-state index in [1.807, 2.05) is 62.4 Å². The van der Waals surface area contributed by atoms with E-state index in [1.165, 1.54) is 0 Å². The second-order valence-electron chi connectivity index (χ2n) is 6.95. The predicted molar refractivity (Wildman–Crippen MR) is 101 cm³/mol. The molecular formula is C21H26N2O2. The first kappa shape index (κ1) is 18.7. The SMILES string of the molecule is Cc1cc(C)cc(NC(=O)C(C)(C)C(=O)NCCc2ccccc2)c1. The van der Waals surface area contributed by atoms with E-state index in [4.69, 9.17) is 0 Å². The zero-order valence-corrected chi connectivity index (χ0v) is 15.3. The molecule has 0 radical (unpaired) electrons. The molecule has 4 nitrogen and oxygen atoms in total. The van der Waals surface area contributed by atoms with Crippen LogP contribution in [0.4, 0.5) is 5.69 Å². The Hall–Kier alpha value is -2.62. The first-order valence-electron chi connectivity index (χ1n) is 8.51. The number of anilines is 1. The molecule has 25 heavy (non-hydrogen) atoms. The van der Waals surface area contributed by atoms with Crippen molar-refractivity contribution in [3.8, 4) is 0 Å². The number of hydrogen-bond donors (Lipinski definition) is 2. The first-order valence-corrected chi connectivity index (χ1v) is 8.51. The van der Waals surface area contributed by atoms with E-state index >= 15 is 0 Å². The number of amides is 2. The van der Waals surface area contributed by atoms with Gasteiger partial charge in [0, 0.05) is 12.2 Å². The average molecular weight is 338 g/mol. The van der Waals surface area contributed by atoms with Gasteiger partial charge in [0.25, 0.3) is 0 Å². The molecular weight excluding hydrogens is 312 g/mol. The number of aryl methyl sites for hydroxylation is 2. The molecule has 2 N–H and O–H groups in total. The summed E-state index contributed by atoms with van der Waals surface area (Å²) in [4.78, 5) is 25.0. The molecule has 4 heteroatoms. The molecule has 0 aliphatic carbocycles.